The number of nitrogens with zero attached hydrogens (tertiary/aromatic N) is 3. The standard InChI is InChI=1S/C15H18N4O2/c1-18-11-12(10-16-18)15(20)17-13-4-2-3-5-14(13)19-6-8-21-9-7-19/h2-5,10-11H,6-9H2,1H3,(H,17,20). The normalized spacial score (nSPS) is 15.0. The van der Waals surface area contributed by atoms with Crippen LogP contribution in [0.4, 0.5) is 11.4 Å². The van der Waals surface area contributed by atoms with Gasteiger partial charge in [0.15, 0.2) is 0 Å². The van der Waals surface area contributed by atoms with Gasteiger partial charge in [-0.15, -0.1) is 0 Å². The molecular weight excluding hydrogens is 268 g/mol. The van der Waals surface area contributed by atoms with Crippen LogP contribution < -0.4 is 10.2 Å². The number of nitrogens with one attached hydrogen (secondary N) is 1. The summed E-state index contributed by atoms with van der Waals surface area (Å²) in [6.07, 6.45) is 3.26. The van der Waals surface area contributed by atoms with E-state index in [1.165, 1.54) is 0 Å². The molecule has 110 valence electrons. The molecule has 0 unspecified atom stereocenters. The maximum atomic E-state index is 12.3. The number of morpholine rings is 1. The van der Waals surface area contributed by atoms with Crippen LogP contribution in [0.3, 0.4) is 0 Å². The minimum absolute atomic E-state index is 0.149. The molecule has 1 aromatic carbocycles. The molecule has 2 aromatic rings. The number of carbonyl (C=O) groups is 1. The molecule has 1 aromatic heterocycles. The molecule has 1 fully saturated rings. The van der Waals surface area contributed by atoms with Crippen LogP contribution in [0.15, 0.2) is 36.7 Å². The minimum atomic E-state index is -0.149. The number of benzene rings is 1. The molecule has 1 saturated heterocycles. The Morgan fingerprint density at radius 1 is 1.29 bits per heavy atom. The van der Waals surface area contributed by atoms with Crippen molar-refractivity contribution in [2.45, 2.75) is 0 Å². The van der Waals surface area contributed by atoms with Crippen LogP contribution in [0.5, 0.6) is 0 Å². The Morgan fingerprint density at radius 2 is 2.05 bits per heavy atom. The van der Waals surface area contributed by atoms with E-state index in [0.717, 1.165) is 24.5 Å². The minimum Gasteiger partial charge on any atom is -0.378 e. The van der Waals surface area contributed by atoms with E-state index in [1.54, 1.807) is 24.1 Å². The zero-order valence-electron chi connectivity index (χ0n) is 12.0. The zero-order valence-corrected chi connectivity index (χ0v) is 12.0. The Balaban J connectivity index is 1.80. The third kappa shape index (κ3) is 3.05. The molecule has 1 aliphatic rings. The van der Waals surface area contributed by atoms with Gasteiger partial charge >= 0.3 is 0 Å². The second-order valence-corrected chi connectivity index (χ2v) is 4.97. The summed E-state index contributed by atoms with van der Waals surface area (Å²) in [7, 11) is 1.79. The van der Waals surface area contributed by atoms with Crippen LogP contribution in [-0.4, -0.2) is 42.0 Å². The van der Waals surface area contributed by atoms with Gasteiger partial charge in [-0.3, -0.25) is 9.48 Å². The van der Waals surface area contributed by atoms with Crippen molar-refractivity contribution in [2.24, 2.45) is 7.05 Å². The predicted octanol–water partition coefficient (Wildman–Crippen LogP) is 1.51. The summed E-state index contributed by atoms with van der Waals surface area (Å²) in [6, 6.07) is 7.83. The van der Waals surface area contributed by atoms with Crippen LogP contribution in [0, 0.1) is 0 Å². The molecule has 0 bridgehead atoms. The van der Waals surface area contributed by atoms with Crippen LogP contribution >= 0.6 is 0 Å². The molecule has 0 aliphatic carbocycles. The Labute approximate surface area is 123 Å². The Morgan fingerprint density at radius 3 is 2.76 bits per heavy atom. The molecule has 1 aliphatic heterocycles. The number of hydrogen-bond donors (Lipinski definition) is 1. The van der Waals surface area contributed by atoms with Gasteiger partial charge in [-0.1, -0.05) is 12.1 Å². The number of aryl methyl sites for hydroxylation is 1. The van der Waals surface area contributed by atoms with Crippen LogP contribution in [0.2, 0.25) is 0 Å². The fourth-order valence-corrected chi connectivity index (χ4v) is 2.39. The third-order valence-electron chi connectivity index (χ3n) is 3.47. The van der Waals surface area contributed by atoms with Crippen molar-refractivity contribution in [1.82, 2.24) is 9.78 Å². The van der Waals surface area contributed by atoms with Gasteiger partial charge in [0.25, 0.3) is 5.91 Å². The average Bonchev–Trinajstić information content (AvgIpc) is 2.95. The van der Waals surface area contributed by atoms with E-state index in [0.29, 0.717) is 18.8 Å². The number of hydrogen-bond acceptors (Lipinski definition) is 4. The van der Waals surface area contributed by atoms with Gasteiger partial charge in [0.1, 0.15) is 0 Å². The lowest BCUT2D eigenvalue weighted by Crippen LogP contribution is -2.36. The lowest BCUT2D eigenvalue weighted by atomic mass is 10.2. The van der Waals surface area contributed by atoms with Crippen LogP contribution in [0.25, 0.3) is 0 Å². The molecule has 6 nitrogen and oxygen atoms in total. The smallest absolute Gasteiger partial charge is 0.258 e. The molecule has 0 radical (unpaired) electrons. The second kappa shape index (κ2) is 5.97. The molecule has 0 saturated carbocycles. The number of ether oxygens (including phenoxy) is 1. The van der Waals surface area contributed by atoms with Gasteiger partial charge in [-0.25, -0.2) is 0 Å². The predicted molar refractivity (Wildman–Crippen MR) is 80.6 cm³/mol. The topological polar surface area (TPSA) is 59.4 Å². The molecular formula is C15H18N4O2. The lowest BCUT2D eigenvalue weighted by Gasteiger charge is -2.30. The molecule has 2 heterocycles. The summed E-state index contributed by atoms with van der Waals surface area (Å²) in [6.45, 7) is 3.09. The van der Waals surface area contributed by atoms with Crippen molar-refractivity contribution in [2.75, 3.05) is 36.5 Å². The average molecular weight is 286 g/mol. The van der Waals surface area contributed by atoms with E-state index in [-0.39, 0.29) is 5.91 Å². The van der Waals surface area contributed by atoms with E-state index in [9.17, 15) is 4.79 Å². The van der Waals surface area contributed by atoms with Gasteiger partial charge in [-0.05, 0) is 12.1 Å². The Bertz CT molecular complexity index is 632. The molecule has 6 heteroatoms. The number of anilines is 2. The number of rotatable bonds is 3. The SMILES string of the molecule is Cn1cc(C(=O)Nc2ccccc2N2CCOCC2)cn1. The fraction of sp³-hybridized carbons (Fsp3) is 0.333. The first kappa shape index (κ1) is 13.6. The maximum absolute atomic E-state index is 12.3. The summed E-state index contributed by atoms with van der Waals surface area (Å²) in [5.74, 6) is -0.149. The Hall–Kier alpha value is -2.34. The zero-order chi connectivity index (χ0) is 14.7. The van der Waals surface area contributed by atoms with E-state index in [2.05, 4.69) is 15.3 Å². The number of aromatic nitrogens is 2. The van der Waals surface area contributed by atoms with E-state index >= 15 is 0 Å². The van der Waals surface area contributed by atoms with Crippen molar-refractivity contribution in [3.63, 3.8) is 0 Å². The highest BCUT2D eigenvalue weighted by atomic mass is 16.5. The fourth-order valence-electron chi connectivity index (χ4n) is 2.39. The van der Waals surface area contributed by atoms with E-state index in [4.69, 9.17) is 4.74 Å². The van der Waals surface area contributed by atoms with Crippen LogP contribution in [0.1, 0.15) is 10.4 Å². The quantitative estimate of drug-likeness (QED) is 0.929. The van der Waals surface area contributed by atoms with Crippen LogP contribution in [-0.2, 0) is 11.8 Å². The monoisotopic (exact) mass is 286 g/mol. The number of para-hydroxylation sites is 2. The Kier molecular flexibility index (Phi) is 3.87. The highest BCUT2D eigenvalue weighted by Crippen LogP contribution is 2.26. The highest BCUT2D eigenvalue weighted by molar-refractivity contribution is 6.05. The lowest BCUT2D eigenvalue weighted by molar-refractivity contribution is 0.102. The number of carbonyl (C=O) groups excluding carboxylic acids is 1. The largest absolute Gasteiger partial charge is 0.378 e. The van der Waals surface area contributed by atoms with Gasteiger partial charge in [0.2, 0.25) is 0 Å². The van der Waals surface area contributed by atoms with Gasteiger partial charge in [0.05, 0.1) is 36.3 Å². The van der Waals surface area contributed by atoms with Gasteiger partial charge in [0, 0.05) is 26.3 Å². The first-order chi connectivity index (χ1) is 10.2. The maximum Gasteiger partial charge on any atom is 0.258 e. The van der Waals surface area contributed by atoms with Crippen molar-refractivity contribution in [3.8, 4) is 0 Å². The molecule has 1 N–H and O–H groups in total. The van der Waals surface area contributed by atoms with Crippen molar-refractivity contribution >= 4 is 17.3 Å². The summed E-state index contributed by atoms with van der Waals surface area (Å²) in [4.78, 5) is 14.5. The van der Waals surface area contributed by atoms with Gasteiger partial charge in [-0.2, -0.15) is 5.10 Å². The van der Waals surface area contributed by atoms with Crippen molar-refractivity contribution in [1.29, 1.82) is 0 Å². The first-order valence-corrected chi connectivity index (χ1v) is 6.96. The molecule has 1 amide bonds. The summed E-state index contributed by atoms with van der Waals surface area (Å²) in [5, 5.41) is 6.98. The van der Waals surface area contributed by atoms with E-state index < -0.39 is 0 Å². The molecule has 21 heavy (non-hydrogen) atoms. The summed E-state index contributed by atoms with van der Waals surface area (Å²) >= 11 is 0. The first-order valence-electron chi connectivity index (χ1n) is 6.96. The summed E-state index contributed by atoms with van der Waals surface area (Å²) in [5.41, 5.74) is 2.39. The second-order valence-electron chi connectivity index (χ2n) is 4.97. The number of amides is 1. The highest BCUT2D eigenvalue weighted by Gasteiger charge is 2.16. The van der Waals surface area contributed by atoms with E-state index in [1.807, 2.05) is 24.3 Å². The van der Waals surface area contributed by atoms with Crippen molar-refractivity contribution < 1.29 is 9.53 Å². The molecule has 0 spiro atoms. The summed E-state index contributed by atoms with van der Waals surface area (Å²) < 4.78 is 6.99. The van der Waals surface area contributed by atoms with Gasteiger partial charge < -0.3 is 15.0 Å². The van der Waals surface area contributed by atoms with Crippen molar-refractivity contribution in [3.05, 3.63) is 42.2 Å². The molecule has 3 rings (SSSR count). The molecule has 0 atom stereocenters. The third-order valence-corrected chi connectivity index (χ3v) is 3.47.